The minimum Gasteiger partial charge on any atom is -0.352 e. The van der Waals surface area contributed by atoms with E-state index in [9.17, 15) is 18.0 Å². The van der Waals surface area contributed by atoms with E-state index in [1.165, 1.54) is 4.31 Å². The molecule has 35 heavy (non-hydrogen) atoms. The van der Waals surface area contributed by atoms with Crippen LogP contribution in [0.25, 0.3) is 0 Å². The largest absolute Gasteiger partial charge is 0.352 e. The Hall–Kier alpha value is -2.58. The molecule has 7 nitrogen and oxygen atoms in total. The zero-order valence-electron chi connectivity index (χ0n) is 21.3. The normalized spacial score (nSPS) is 12.3. The van der Waals surface area contributed by atoms with Crippen molar-refractivity contribution < 1.29 is 18.0 Å². The van der Waals surface area contributed by atoms with Gasteiger partial charge in [-0.1, -0.05) is 47.5 Å². The van der Waals surface area contributed by atoms with Crippen molar-refractivity contribution in [2.45, 2.75) is 66.1 Å². The molecule has 0 saturated carbocycles. The van der Waals surface area contributed by atoms with E-state index in [4.69, 9.17) is 11.6 Å². The molecule has 0 heterocycles. The first kappa shape index (κ1) is 28.7. The minimum absolute atomic E-state index is 0.0504. The van der Waals surface area contributed by atoms with Gasteiger partial charge in [0.15, 0.2) is 0 Å². The fourth-order valence-electron chi connectivity index (χ4n) is 3.71. The Bertz CT molecular complexity index is 1130. The van der Waals surface area contributed by atoms with Gasteiger partial charge in [-0.25, -0.2) is 8.42 Å². The number of carbonyl (C=O) groups excluding carboxylic acids is 2. The number of benzene rings is 2. The highest BCUT2D eigenvalue weighted by molar-refractivity contribution is 7.92. The van der Waals surface area contributed by atoms with E-state index in [1.54, 1.807) is 30.0 Å². The molecule has 0 spiro atoms. The van der Waals surface area contributed by atoms with Gasteiger partial charge in [0, 0.05) is 30.6 Å². The maximum absolute atomic E-state index is 13.3. The van der Waals surface area contributed by atoms with Crippen molar-refractivity contribution in [1.29, 1.82) is 0 Å². The van der Waals surface area contributed by atoms with E-state index in [1.807, 2.05) is 52.0 Å². The molecule has 2 amide bonds. The smallest absolute Gasteiger partial charge is 0.242 e. The third kappa shape index (κ3) is 8.54. The van der Waals surface area contributed by atoms with Crippen LogP contribution < -0.4 is 9.62 Å². The number of nitrogens with zero attached hydrogens (tertiary/aromatic N) is 2. The third-order valence-corrected chi connectivity index (χ3v) is 7.08. The van der Waals surface area contributed by atoms with Crippen LogP contribution in [0.3, 0.4) is 0 Å². The Morgan fingerprint density at radius 1 is 1.03 bits per heavy atom. The molecule has 0 unspecified atom stereocenters. The molecule has 0 radical (unpaired) electrons. The van der Waals surface area contributed by atoms with Crippen LogP contribution >= 0.6 is 11.6 Å². The number of nitrogens with one attached hydrogen (secondary N) is 1. The van der Waals surface area contributed by atoms with Gasteiger partial charge in [-0.05, 0) is 64.3 Å². The molecule has 0 aromatic heterocycles. The second-order valence-electron chi connectivity index (χ2n) is 9.22. The van der Waals surface area contributed by atoms with Crippen LogP contribution in [0.15, 0.2) is 42.5 Å². The van der Waals surface area contributed by atoms with E-state index in [0.29, 0.717) is 17.1 Å². The second-order valence-corrected chi connectivity index (χ2v) is 11.6. The number of anilines is 1. The third-order valence-electron chi connectivity index (χ3n) is 5.66. The topological polar surface area (TPSA) is 86.8 Å². The Kier molecular flexibility index (Phi) is 10.2. The summed E-state index contributed by atoms with van der Waals surface area (Å²) in [7, 11) is -3.59. The number of sulfonamides is 1. The zero-order chi connectivity index (χ0) is 26.3. The average molecular weight is 522 g/mol. The number of halogens is 1. The molecule has 0 fully saturated rings. The van der Waals surface area contributed by atoms with Gasteiger partial charge in [0.05, 0.1) is 11.9 Å². The number of hydrogen-bond donors (Lipinski definition) is 1. The lowest BCUT2D eigenvalue weighted by molar-refractivity contribution is -0.140. The van der Waals surface area contributed by atoms with Gasteiger partial charge in [0.25, 0.3) is 0 Å². The number of aryl methyl sites for hydroxylation is 2. The lowest BCUT2D eigenvalue weighted by Crippen LogP contribution is -2.49. The van der Waals surface area contributed by atoms with Crippen molar-refractivity contribution in [2.24, 2.45) is 0 Å². The van der Waals surface area contributed by atoms with Crippen LogP contribution in [0.2, 0.25) is 5.02 Å². The lowest BCUT2D eigenvalue weighted by atomic mass is 10.1. The fourth-order valence-corrected chi connectivity index (χ4v) is 4.89. The Balaban J connectivity index is 2.20. The lowest BCUT2D eigenvalue weighted by Gasteiger charge is -2.30. The summed E-state index contributed by atoms with van der Waals surface area (Å²) < 4.78 is 26.3. The van der Waals surface area contributed by atoms with Gasteiger partial charge in [-0.3, -0.25) is 13.9 Å². The van der Waals surface area contributed by atoms with Gasteiger partial charge in [-0.2, -0.15) is 0 Å². The predicted octanol–water partition coefficient (Wildman–Crippen LogP) is 4.44. The van der Waals surface area contributed by atoms with Crippen molar-refractivity contribution in [3.05, 3.63) is 64.2 Å². The minimum atomic E-state index is -3.59. The van der Waals surface area contributed by atoms with E-state index >= 15 is 0 Å². The van der Waals surface area contributed by atoms with Gasteiger partial charge < -0.3 is 10.2 Å². The highest BCUT2D eigenvalue weighted by atomic mass is 35.5. The summed E-state index contributed by atoms with van der Waals surface area (Å²) in [5.74, 6) is -0.443. The highest BCUT2D eigenvalue weighted by Crippen LogP contribution is 2.27. The summed E-state index contributed by atoms with van der Waals surface area (Å²) in [6, 6.07) is 12.2. The molecule has 2 aromatic rings. The van der Waals surface area contributed by atoms with Crippen molar-refractivity contribution in [1.82, 2.24) is 10.2 Å². The molecule has 2 rings (SSSR count). The summed E-state index contributed by atoms with van der Waals surface area (Å²) in [6.45, 7) is 9.66. The monoisotopic (exact) mass is 521 g/mol. The van der Waals surface area contributed by atoms with Gasteiger partial charge in [0.2, 0.25) is 21.8 Å². The molecular weight excluding hydrogens is 486 g/mol. The SMILES string of the molecule is Cc1ccc(CN(C(=O)CCCN(c2cc(Cl)ccc2C)S(C)(=O)=O)[C@H](C)C(=O)NC(C)C)cc1. The quantitative estimate of drug-likeness (QED) is 0.473. The zero-order valence-corrected chi connectivity index (χ0v) is 22.9. The van der Waals surface area contributed by atoms with E-state index in [0.717, 1.165) is 22.9 Å². The van der Waals surface area contributed by atoms with E-state index in [-0.39, 0.29) is 37.4 Å². The van der Waals surface area contributed by atoms with E-state index in [2.05, 4.69) is 5.32 Å². The molecule has 0 bridgehead atoms. The molecule has 9 heteroatoms. The molecular formula is C26H36ClN3O4S. The Morgan fingerprint density at radius 2 is 1.66 bits per heavy atom. The van der Waals surface area contributed by atoms with Crippen molar-refractivity contribution in [3.63, 3.8) is 0 Å². The summed E-state index contributed by atoms with van der Waals surface area (Å²) in [4.78, 5) is 27.6. The molecule has 0 aliphatic carbocycles. The van der Waals surface area contributed by atoms with Crippen LogP contribution in [0, 0.1) is 13.8 Å². The summed E-state index contributed by atoms with van der Waals surface area (Å²) in [6.07, 6.45) is 1.52. The molecule has 0 aliphatic rings. The van der Waals surface area contributed by atoms with Gasteiger partial charge in [-0.15, -0.1) is 0 Å². The standard InChI is InChI=1S/C26H36ClN3O4S/c1-18(2)28-26(32)21(5)29(17-22-12-9-19(3)10-13-22)25(31)8-7-15-30(35(6,33)34)24-16-23(27)14-11-20(24)4/h9-14,16,18,21H,7-8,15,17H2,1-6H3,(H,28,32)/t21-/m1/s1. The first-order valence-corrected chi connectivity index (χ1v) is 13.9. The molecule has 1 atom stereocenters. The number of rotatable bonds is 11. The molecule has 0 aliphatic heterocycles. The number of carbonyl (C=O) groups is 2. The molecule has 2 aromatic carbocycles. The maximum atomic E-state index is 13.3. The van der Waals surface area contributed by atoms with Crippen molar-refractivity contribution in [3.8, 4) is 0 Å². The van der Waals surface area contributed by atoms with E-state index < -0.39 is 16.1 Å². The Labute approximate surface area is 214 Å². The maximum Gasteiger partial charge on any atom is 0.242 e. The van der Waals surface area contributed by atoms with Crippen LogP contribution in [-0.2, 0) is 26.2 Å². The van der Waals surface area contributed by atoms with Crippen LogP contribution in [0.4, 0.5) is 5.69 Å². The highest BCUT2D eigenvalue weighted by Gasteiger charge is 2.27. The predicted molar refractivity (Wildman–Crippen MR) is 142 cm³/mol. The average Bonchev–Trinajstić information content (AvgIpc) is 2.76. The summed E-state index contributed by atoms with van der Waals surface area (Å²) in [5.41, 5.74) is 3.29. The molecule has 0 saturated heterocycles. The second kappa shape index (κ2) is 12.4. The summed E-state index contributed by atoms with van der Waals surface area (Å²) >= 11 is 6.10. The van der Waals surface area contributed by atoms with Crippen molar-refractivity contribution >= 4 is 39.1 Å². The van der Waals surface area contributed by atoms with Crippen LogP contribution in [-0.4, -0.2) is 50.0 Å². The molecule has 1 N–H and O–H groups in total. The van der Waals surface area contributed by atoms with Crippen LogP contribution in [0.1, 0.15) is 50.3 Å². The van der Waals surface area contributed by atoms with Crippen LogP contribution in [0.5, 0.6) is 0 Å². The first-order valence-electron chi connectivity index (χ1n) is 11.7. The first-order chi connectivity index (χ1) is 16.3. The van der Waals surface area contributed by atoms with Gasteiger partial charge in [0.1, 0.15) is 6.04 Å². The van der Waals surface area contributed by atoms with Crippen molar-refractivity contribution in [2.75, 3.05) is 17.1 Å². The fraction of sp³-hybridized carbons (Fsp3) is 0.462. The summed E-state index contributed by atoms with van der Waals surface area (Å²) in [5, 5.41) is 3.30. The number of amides is 2. The van der Waals surface area contributed by atoms with Gasteiger partial charge >= 0.3 is 0 Å². The number of hydrogen-bond acceptors (Lipinski definition) is 4. The Morgan fingerprint density at radius 3 is 2.23 bits per heavy atom. The molecule has 192 valence electrons.